The maximum Gasteiger partial charge on any atom is 0.410 e. The second kappa shape index (κ2) is 7.32. The van der Waals surface area contributed by atoms with Crippen LogP contribution in [0, 0.1) is 0 Å². The Labute approximate surface area is 137 Å². The summed E-state index contributed by atoms with van der Waals surface area (Å²) in [6, 6.07) is 10.3. The number of aliphatic hydroxyl groups excluding tert-OH is 1. The predicted octanol–water partition coefficient (Wildman–Crippen LogP) is 1.90. The van der Waals surface area contributed by atoms with Gasteiger partial charge in [-0.15, -0.1) is 0 Å². The molecule has 1 spiro atoms. The molecule has 0 aliphatic carbocycles. The highest BCUT2D eigenvalue weighted by molar-refractivity contribution is 5.70. The third-order valence-electron chi connectivity index (χ3n) is 4.95. The van der Waals surface area contributed by atoms with Crippen LogP contribution in [0.2, 0.25) is 0 Å². The molecule has 2 aliphatic rings. The second-order valence-corrected chi connectivity index (χ2v) is 6.63. The summed E-state index contributed by atoms with van der Waals surface area (Å²) in [6.45, 7) is 4.49. The molecule has 126 valence electrons. The standard InChI is InChI=1S/C18H26N2O3/c21-14-4-10-19-12-8-18(9-13-19)15-20(17(22)23-18)11-7-16-5-2-1-3-6-16/h1-3,5-6,21H,4,7-15H2. The minimum atomic E-state index is -0.288. The number of likely N-dealkylation sites (tertiary alicyclic amines) is 1. The molecule has 3 rings (SSSR count). The number of carbonyl (C=O) groups is 1. The molecule has 1 aromatic carbocycles. The molecular weight excluding hydrogens is 292 g/mol. The molecule has 0 unspecified atom stereocenters. The fraction of sp³-hybridized carbons (Fsp3) is 0.611. The van der Waals surface area contributed by atoms with Gasteiger partial charge in [-0.1, -0.05) is 30.3 Å². The third-order valence-corrected chi connectivity index (χ3v) is 4.95. The van der Waals surface area contributed by atoms with E-state index in [-0.39, 0.29) is 18.3 Å². The average molecular weight is 318 g/mol. The smallest absolute Gasteiger partial charge is 0.410 e. The summed E-state index contributed by atoms with van der Waals surface area (Å²) in [5.74, 6) is 0. The van der Waals surface area contributed by atoms with Crippen molar-refractivity contribution in [1.82, 2.24) is 9.80 Å². The molecule has 0 saturated carbocycles. The first-order chi connectivity index (χ1) is 11.2. The number of hydrogen-bond donors (Lipinski definition) is 1. The van der Waals surface area contributed by atoms with E-state index in [2.05, 4.69) is 17.0 Å². The number of hydrogen-bond acceptors (Lipinski definition) is 4. The van der Waals surface area contributed by atoms with Crippen LogP contribution in [-0.2, 0) is 11.2 Å². The molecule has 1 N–H and O–H groups in total. The molecule has 2 saturated heterocycles. The Balaban J connectivity index is 1.49. The molecule has 2 aliphatic heterocycles. The quantitative estimate of drug-likeness (QED) is 0.870. The number of piperidine rings is 1. The summed E-state index contributed by atoms with van der Waals surface area (Å²) >= 11 is 0. The van der Waals surface area contributed by atoms with E-state index in [1.165, 1.54) is 5.56 Å². The summed E-state index contributed by atoms with van der Waals surface area (Å²) in [7, 11) is 0. The third kappa shape index (κ3) is 4.03. The van der Waals surface area contributed by atoms with Crippen molar-refractivity contribution in [3.05, 3.63) is 35.9 Å². The van der Waals surface area contributed by atoms with Crippen LogP contribution in [0.25, 0.3) is 0 Å². The van der Waals surface area contributed by atoms with Crippen molar-refractivity contribution in [3.63, 3.8) is 0 Å². The van der Waals surface area contributed by atoms with Gasteiger partial charge in [-0.25, -0.2) is 4.79 Å². The van der Waals surface area contributed by atoms with Crippen molar-refractivity contribution in [3.8, 4) is 0 Å². The molecule has 2 heterocycles. The van der Waals surface area contributed by atoms with Gasteiger partial charge in [0.15, 0.2) is 0 Å². The molecule has 0 bridgehead atoms. The van der Waals surface area contributed by atoms with Crippen LogP contribution in [-0.4, -0.2) is 65.9 Å². The minimum Gasteiger partial charge on any atom is -0.441 e. The van der Waals surface area contributed by atoms with Crippen molar-refractivity contribution in [1.29, 1.82) is 0 Å². The Morgan fingerprint density at radius 2 is 1.87 bits per heavy atom. The van der Waals surface area contributed by atoms with Gasteiger partial charge in [-0.2, -0.15) is 0 Å². The normalized spacial score (nSPS) is 20.9. The van der Waals surface area contributed by atoms with E-state index in [1.54, 1.807) is 0 Å². The number of carbonyl (C=O) groups excluding carboxylic acids is 1. The van der Waals surface area contributed by atoms with Crippen LogP contribution in [0.5, 0.6) is 0 Å². The molecule has 2 fully saturated rings. The number of amides is 1. The van der Waals surface area contributed by atoms with E-state index in [0.717, 1.165) is 51.9 Å². The van der Waals surface area contributed by atoms with Gasteiger partial charge in [0, 0.05) is 45.6 Å². The van der Waals surface area contributed by atoms with Gasteiger partial charge in [0.05, 0.1) is 6.54 Å². The summed E-state index contributed by atoms with van der Waals surface area (Å²) in [6.07, 6.45) is 3.31. The lowest BCUT2D eigenvalue weighted by Crippen LogP contribution is -2.47. The summed E-state index contributed by atoms with van der Waals surface area (Å²) in [5, 5.41) is 8.92. The average Bonchev–Trinajstić information content (AvgIpc) is 2.89. The fourth-order valence-corrected chi connectivity index (χ4v) is 3.51. The largest absolute Gasteiger partial charge is 0.441 e. The zero-order valence-corrected chi connectivity index (χ0v) is 13.6. The SMILES string of the molecule is O=C1OC2(CCN(CCCO)CC2)CN1CCc1ccccc1. The Bertz CT molecular complexity index is 512. The van der Waals surface area contributed by atoms with Crippen molar-refractivity contribution in [2.24, 2.45) is 0 Å². The van der Waals surface area contributed by atoms with Crippen molar-refractivity contribution in [2.75, 3.05) is 39.3 Å². The van der Waals surface area contributed by atoms with Crippen LogP contribution in [0.15, 0.2) is 30.3 Å². The Kier molecular flexibility index (Phi) is 5.18. The van der Waals surface area contributed by atoms with E-state index in [9.17, 15) is 4.79 Å². The molecule has 1 amide bonds. The van der Waals surface area contributed by atoms with Crippen LogP contribution in [0.4, 0.5) is 4.79 Å². The molecule has 1 aromatic rings. The van der Waals surface area contributed by atoms with Crippen molar-refractivity contribution in [2.45, 2.75) is 31.3 Å². The van der Waals surface area contributed by atoms with Crippen molar-refractivity contribution < 1.29 is 14.6 Å². The van der Waals surface area contributed by atoms with Crippen LogP contribution in [0.3, 0.4) is 0 Å². The lowest BCUT2D eigenvalue weighted by atomic mass is 9.91. The van der Waals surface area contributed by atoms with E-state index in [4.69, 9.17) is 9.84 Å². The zero-order chi connectivity index (χ0) is 16.1. The number of ether oxygens (including phenoxy) is 1. The highest BCUT2D eigenvalue weighted by atomic mass is 16.6. The van der Waals surface area contributed by atoms with E-state index in [1.807, 2.05) is 23.1 Å². The molecule has 5 nitrogen and oxygen atoms in total. The highest BCUT2D eigenvalue weighted by Crippen LogP contribution is 2.33. The molecule has 0 atom stereocenters. The van der Waals surface area contributed by atoms with Gasteiger partial charge in [-0.3, -0.25) is 0 Å². The molecule has 0 radical (unpaired) electrons. The van der Waals surface area contributed by atoms with E-state index >= 15 is 0 Å². The highest BCUT2D eigenvalue weighted by Gasteiger charge is 2.46. The maximum absolute atomic E-state index is 12.2. The monoisotopic (exact) mass is 318 g/mol. The first-order valence-corrected chi connectivity index (χ1v) is 8.56. The Morgan fingerprint density at radius 1 is 1.13 bits per heavy atom. The van der Waals surface area contributed by atoms with Gasteiger partial charge in [0.1, 0.15) is 5.60 Å². The van der Waals surface area contributed by atoms with Gasteiger partial charge in [-0.05, 0) is 18.4 Å². The van der Waals surface area contributed by atoms with Crippen LogP contribution in [0.1, 0.15) is 24.8 Å². The lowest BCUT2D eigenvalue weighted by Gasteiger charge is -2.37. The van der Waals surface area contributed by atoms with Crippen LogP contribution >= 0.6 is 0 Å². The van der Waals surface area contributed by atoms with Gasteiger partial charge in [0.2, 0.25) is 0 Å². The Hall–Kier alpha value is -1.59. The topological polar surface area (TPSA) is 53.0 Å². The molecule has 23 heavy (non-hydrogen) atoms. The predicted molar refractivity (Wildman–Crippen MR) is 88.3 cm³/mol. The summed E-state index contributed by atoms with van der Waals surface area (Å²) in [5.41, 5.74) is 0.962. The Morgan fingerprint density at radius 3 is 2.57 bits per heavy atom. The molecule has 0 aromatic heterocycles. The zero-order valence-electron chi connectivity index (χ0n) is 13.6. The van der Waals surface area contributed by atoms with E-state index < -0.39 is 0 Å². The molecular formula is C18H26N2O3. The second-order valence-electron chi connectivity index (χ2n) is 6.63. The van der Waals surface area contributed by atoms with Gasteiger partial charge < -0.3 is 19.6 Å². The summed E-state index contributed by atoms with van der Waals surface area (Å²) in [4.78, 5) is 16.4. The van der Waals surface area contributed by atoms with E-state index in [0.29, 0.717) is 6.54 Å². The van der Waals surface area contributed by atoms with Gasteiger partial charge >= 0.3 is 6.09 Å². The molecule has 5 heteroatoms. The summed E-state index contributed by atoms with van der Waals surface area (Å²) < 4.78 is 5.75. The first kappa shape index (κ1) is 16.3. The number of rotatable bonds is 6. The van der Waals surface area contributed by atoms with Crippen LogP contribution < -0.4 is 0 Å². The fourth-order valence-electron chi connectivity index (χ4n) is 3.51. The lowest BCUT2D eigenvalue weighted by molar-refractivity contribution is -0.000224. The van der Waals surface area contributed by atoms with Gasteiger partial charge in [0.25, 0.3) is 0 Å². The number of nitrogens with zero attached hydrogens (tertiary/aromatic N) is 2. The number of aliphatic hydroxyl groups is 1. The minimum absolute atomic E-state index is 0.162. The first-order valence-electron chi connectivity index (χ1n) is 8.56. The maximum atomic E-state index is 12.2. The van der Waals surface area contributed by atoms with Crippen molar-refractivity contribution >= 4 is 6.09 Å². The number of benzene rings is 1.